The van der Waals surface area contributed by atoms with Crippen LogP contribution in [0, 0.1) is 13.8 Å². The monoisotopic (exact) mass is 454 g/mol. The van der Waals surface area contributed by atoms with Crippen molar-refractivity contribution in [1.82, 2.24) is 0 Å². The first-order valence-electron chi connectivity index (χ1n) is 10.1. The molecular formula is C24H23ClN2O3S. The molecule has 0 atom stereocenters. The Labute approximate surface area is 187 Å². The number of halogens is 1. The largest absolute Gasteiger partial charge is 0.322 e. The summed E-state index contributed by atoms with van der Waals surface area (Å²) in [6.45, 7) is 4.18. The van der Waals surface area contributed by atoms with E-state index in [1.807, 2.05) is 13.8 Å². The third-order valence-electron chi connectivity index (χ3n) is 5.54. The summed E-state index contributed by atoms with van der Waals surface area (Å²) in [6.07, 6.45) is 1.41. The second-order valence-corrected chi connectivity index (χ2v) is 9.97. The van der Waals surface area contributed by atoms with Gasteiger partial charge in [0.05, 0.1) is 10.6 Å². The number of amides is 1. The Balaban J connectivity index is 1.63. The molecule has 3 aromatic rings. The Kier molecular flexibility index (Phi) is 5.77. The maximum atomic E-state index is 13.2. The van der Waals surface area contributed by atoms with Crippen molar-refractivity contribution >= 4 is 38.9 Å². The lowest BCUT2D eigenvalue weighted by atomic mass is 10.0. The van der Waals surface area contributed by atoms with Crippen molar-refractivity contribution in [1.29, 1.82) is 0 Å². The van der Waals surface area contributed by atoms with Crippen LogP contribution in [-0.4, -0.2) is 20.9 Å². The average molecular weight is 455 g/mol. The maximum Gasteiger partial charge on any atom is 0.264 e. The highest BCUT2D eigenvalue weighted by Crippen LogP contribution is 2.33. The van der Waals surface area contributed by atoms with E-state index in [1.165, 1.54) is 4.31 Å². The number of hydrogen-bond donors (Lipinski definition) is 1. The molecule has 31 heavy (non-hydrogen) atoms. The summed E-state index contributed by atoms with van der Waals surface area (Å²) in [6, 6.07) is 17.4. The molecule has 0 aromatic heterocycles. The van der Waals surface area contributed by atoms with Gasteiger partial charge in [-0.05, 0) is 80.3 Å². The highest BCUT2D eigenvalue weighted by atomic mass is 35.5. The molecular weight excluding hydrogens is 432 g/mol. The van der Waals surface area contributed by atoms with E-state index < -0.39 is 10.0 Å². The van der Waals surface area contributed by atoms with Gasteiger partial charge in [0.1, 0.15) is 0 Å². The van der Waals surface area contributed by atoms with Crippen LogP contribution in [0.3, 0.4) is 0 Å². The number of sulfonamides is 1. The minimum atomic E-state index is -3.67. The van der Waals surface area contributed by atoms with Crippen molar-refractivity contribution in [2.45, 2.75) is 31.6 Å². The Morgan fingerprint density at radius 3 is 2.52 bits per heavy atom. The van der Waals surface area contributed by atoms with Crippen LogP contribution >= 0.6 is 11.6 Å². The number of aryl methyl sites for hydroxylation is 2. The first-order chi connectivity index (χ1) is 14.8. The summed E-state index contributed by atoms with van der Waals surface area (Å²) in [4.78, 5) is 13.1. The first kappa shape index (κ1) is 21.4. The van der Waals surface area contributed by atoms with E-state index >= 15 is 0 Å². The lowest BCUT2D eigenvalue weighted by Gasteiger charge is -2.30. The topological polar surface area (TPSA) is 66.5 Å². The van der Waals surface area contributed by atoms with Gasteiger partial charge >= 0.3 is 0 Å². The van der Waals surface area contributed by atoms with Gasteiger partial charge < -0.3 is 5.32 Å². The summed E-state index contributed by atoms with van der Waals surface area (Å²) in [5.41, 5.74) is 4.40. The standard InChI is InChI=1S/C24H23ClN2O3S/c1-16-8-11-20(12-9-16)31(29,30)27-14-4-5-18-15-19(10-13-23(18)27)24(28)26-22-7-3-6-21(25)17(22)2/h3,6-13,15H,4-5,14H2,1-2H3,(H,26,28). The molecule has 0 saturated heterocycles. The van der Waals surface area contributed by atoms with Crippen LogP contribution in [-0.2, 0) is 16.4 Å². The minimum Gasteiger partial charge on any atom is -0.322 e. The third-order valence-corrected chi connectivity index (χ3v) is 7.78. The average Bonchev–Trinajstić information content (AvgIpc) is 2.76. The molecule has 0 bridgehead atoms. The SMILES string of the molecule is Cc1ccc(S(=O)(=O)N2CCCc3cc(C(=O)Nc4cccc(Cl)c4C)ccc32)cc1. The third kappa shape index (κ3) is 4.18. The lowest BCUT2D eigenvalue weighted by molar-refractivity contribution is 0.102. The van der Waals surface area contributed by atoms with Crippen molar-refractivity contribution in [3.05, 3.63) is 87.9 Å². The number of anilines is 2. The van der Waals surface area contributed by atoms with Gasteiger partial charge in [-0.3, -0.25) is 9.10 Å². The molecule has 0 aliphatic carbocycles. The fourth-order valence-electron chi connectivity index (χ4n) is 3.73. The second kappa shape index (κ2) is 8.36. The first-order valence-corrected chi connectivity index (χ1v) is 11.9. The van der Waals surface area contributed by atoms with Crippen molar-refractivity contribution in [3.63, 3.8) is 0 Å². The molecule has 1 heterocycles. The Morgan fingerprint density at radius 1 is 1.03 bits per heavy atom. The van der Waals surface area contributed by atoms with Crippen LogP contribution in [0.15, 0.2) is 65.6 Å². The molecule has 3 aromatic carbocycles. The number of fused-ring (bicyclic) bond motifs is 1. The number of nitrogens with zero attached hydrogens (tertiary/aromatic N) is 1. The lowest BCUT2D eigenvalue weighted by Crippen LogP contribution is -2.35. The quantitative estimate of drug-likeness (QED) is 0.577. The summed E-state index contributed by atoms with van der Waals surface area (Å²) in [5.74, 6) is -0.258. The fraction of sp³-hybridized carbons (Fsp3) is 0.208. The molecule has 1 aliphatic rings. The van der Waals surface area contributed by atoms with E-state index in [-0.39, 0.29) is 10.8 Å². The Bertz CT molecular complexity index is 1250. The maximum absolute atomic E-state index is 13.2. The number of carbonyl (C=O) groups is 1. The van der Waals surface area contributed by atoms with E-state index in [0.29, 0.717) is 41.3 Å². The van der Waals surface area contributed by atoms with Crippen molar-refractivity contribution < 1.29 is 13.2 Å². The van der Waals surface area contributed by atoms with Crippen LogP contribution in [0.1, 0.15) is 33.5 Å². The smallest absolute Gasteiger partial charge is 0.264 e. The normalized spacial score (nSPS) is 13.6. The molecule has 4 rings (SSSR count). The van der Waals surface area contributed by atoms with E-state index in [4.69, 9.17) is 11.6 Å². The van der Waals surface area contributed by atoms with Gasteiger partial charge in [-0.1, -0.05) is 35.4 Å². The summed E-state index contributed by atoms with van der Waals surface area (Å²) >= 11 is 6.14. The van der Waals surface area contributed by atoms with Crippen molar-refractivity contribution in [3.8, 4) is 0 Å². The van der Waals surface area contributed by atoms with Crippen molar-refractivity contribution in [2.24, 2.45) is 0 Å². The number of rotatable bonds is 4. The predicted molar refractivity (Wildman–Crippen MR) is 125 cm³/mol. The van der Waals surface area contributed by atoms with Crippen LogP contribution in [0.5, 0.6) is 0 Å². The molecule has 0 unspecified atom stereocenters. The van der Waals surface area contributed by atoms with E-state index in [1.54, 1.807) is 60.7 Å². The number of hydrogen-bond acceptors (Lipinski definition) is 3. The van der Waals surface area contributed by atoms with Gasteiger partial charge in [0.2, 0.25) is 0 Å². The second-order valence-electron chi connectivity index (χ2n) is 7.70. The molecule has 1 aliphatic heterocycles. The molecule has 0 fully saturated rings. The predicted octanol–water partition coefficient (Wildman–Crippen LogP) is 5.35. The summed E-state index contributed by atoms with van der Waals surface area (Å²) in [5, 5.41) is 3.47. The van der Waals surface area contributed by atoms with Crippen LogP contribution in [0.25, 0.3) is 0 Å². The molecule has 7 heteroatoms. The molecule has 160 valence electrons. The van der Waals surface area contributed by atoms with E-state index in [2.05, 4.69) is 5.32 Å². The molecule has 1 N–H and O–H groups in total. The highest BCUT2D eigenvalue weighted by molar-refractivity contribution is 7.92. The van der Waals surface area contributed by atoms with Gasteiger partial charge in [-0.2, -0.15) is 0 Å². The zero-order valence-corrected chi connectivity index (χ0v) is 18.9. The van der Waals surface area contributed by atoms with Gasteiger partial charge in [0.15, 0.2) is 0 Å². The van der Waals surface area contributed by atoms with E-state index in [9.17, 15) is 13.2 Å². The Hall–Kier alpha value is -2.83. The molecule has 5 nitrogen and oxygen atoms in total. The van der Waals surface area contributed by atoms with Crippen molar-refractivity contribution in [2.75, 3.05) is 16.2 Å². The van der Waals surface area contributed by atoms with Crippen LogP contribution < -0.4 is 9.62 Å². The molecule has 0 radical (unpaired) electrons. The van der Waals surface area contributed by atoms with Crippen LogP contribution in [0.4, 0.5) is 11.4 Å². The molecule has 1 amide bonds. The number of carbonyl (C=O) groups excluding carboxylic acids is 1. The summed E-state index contributed by atoms with van der Waals surface area (Å²) in [7, 11) is -3.67. The zero-order chi connectivity index (χ0) is 22.2. The Morgan fingerprint density at radius 2 is 1.77 bits per heavy atom. The fourth-order valence-corrected chi connectivity index (χ4v) is 5.44. The van der Waals surface area contributed by atoms with E-state index in [0.717, 1.165) is 16.7 Å². The minimum absolute atomic E-state index is 0.258. The summed E-state index contributed by atoms with van der Waals surface area (Å²) < 4.78 is 27.9. The van der Waals surface area contributed by atoms with Gasteiger partial charge in [-0.15, -0.1) is 0 Å². The van der Waals surface area contributed by atoms with Gasteiger partial charge in [0.25, 0.3) is 15.9 Å². The number of nitrogens with one attached hydrogen (secondary N) is 1. The number of benzene rings is 3. The molecule has 0 saturated carbocycles. The highest BCUT2D eigenvalue weighted by Gasteiger charge is 2.29. The van der Waals surface area contributed by atoms with Crippen LogP contribution in [0.2, 0.25) is 5.02 Å². The van der Waals surface area contributed by atoms with Gasteiger partial charge in [-0.25, -0.2) is 8.42 Å². The molecule has 0 spiro atoms. The van der Waals surface area contributed by atoms with Gasteiger partial charge in [0, 0.05) is 22.8 Å². The zero-order valence-electron chi connectivity index (χ0n) is 17.4.